The number of fused-ring (bicyclic) bond motifs is 1. The van der Waals surface area contributed by atoms with Crippen LogP contribution in [0.25, 0.3) is 10.9 Å². The lowest BCUT2D eigenvalue weighted by Crippen LogP contribution is -2.25. The topological polar surface area (TPSA) is 65.1 Å². The number of amides is 1. The van der Waals surface area contributed by atoms with Crippen LogP contribution in [0.5, 0.6) is 5.75 Å². The molecule has 4 nitrogen and oxygen atoms in total. The Morgan fingerprint density at radius 3 is 2.86 bits per heavy atom. The summed E-state index contributed by atoms with van der Waals surface area (Å²) in [5, 5.41) is 13.9. The summed E-state index contributed by atoms with van der Waals surface area (Å²) in [4.78, 5) is 15.3. The molecule has 0 fully saturated rings. The number of H-pyrrole nitrogens is 1. The number of phenols is 1. The summed E-state index contributed by atoms with van der Waals surface area (Å²) in [6.07, 6.45) is 2.66. The Morgan fingerprint density at radius 2 is 2.00 bits per heavy atom. The van der Waals surface area contributed by atoms with Crippen LogP contribution in [-0.4, -0.2) is 22.5 Å². The molecule has 0 unspecified atom stereocenters. The Morgan fingerprint density at radius 1 is 1.18 bits per heavy atom. The molecule has 1 heterocycles. The van der Waals surface area contributed by atoms with Gasteiger partial charge in [0.2, 0.25) is 0 Å². The predicted octanol–water partition coefficient (Wildman–Crippen LogP) is 3.50. The molecule has 0 aliphatic heterocycles. The van der Waals surface area contributed by atoms with E-state index in [0.717, 1.165) is 16.5 Å². The number of aromatic nitrogens is 1. The van der Waals surface area contributed by atoms with Crippen molar-refractivity contribution in [2.24, 2.45) is 0 Å². The molecule has 112 valence electrons. The van der Waals surface area contributed by atoms with Gasteiger partial charge in [-0.2, -0.15) is 0 Å². The SMILES string of the molecule is O=C(NCCc1c[nH]c2ccccc12)c1cccc(Cl)c1O. The molecular weight excluding hydrogens is 300 g/mol. The van der Waals surface area contributed by atoms with Gasteiger partial charge in [0, 0.05) is 23.6 Å². The van der Waals surface area contributed by atoms with Crippen molar-refractivity contribution < 1.29 is 9.90 Å². The molecule has 0 aliphatic rings. The van der Waals surface area contributed by atoms with Crippen LogP contribution in [0.2, 0.25) is 5.02 Å². The molecule has 3 aromatic rings. The van der Waals surface area contributed by atoms with E-state index < -0.39 is 0 Å². The van der Waals surface area contributed by atoms with Crippen LogP contribution in [0.15, 0.2) is 48.7 Å². The van der Waals surface area contributed by atoms with E-state index >= 15 is 0 Å². The first kappa shape index (κ1) is 14.5. The van der Waals surface area contributed by atoms with Gasteiger partial charge in [-0.25, -0.2) is 0 Å². The van der Waals surface area contributed by atoms with Crippen molar-refractivity contribution in [2.45, 2.75) is 6.42 Å². The number of rotatable bonds is 4. The number of benzene rings is 2. The maximum atomic E-state index is 12.1. The van der Waals surface area contributed by atoms with E-state index in [0.29, 0.717) is 13.0 Å². The number of hydrogen-bond donors (Lipinski definition) is 3. The lowest BCUT2D eigenvalue weighted by Gasteiger charge is -2.07. The van der Waals surface area contributed by atoms with E-state index in [9.17, 15) is 9.90 Å². The van der Waals surface area contributed by atoms with Gasteiger partial charge in [0.1, 0.15) is 5.75 Å². The molecule has 3 rings (SSSR count). The van der Waals surface area contributed by atoms with E-state index in [4.69, 9.17) is 11.6 Å². The minimum atomic E-state index is -0.333. The molecular formula is C17H15ClN2O2. The van der Waals surface area contributed by atoms with E-state index in [2.05, 4.69) is 10.3 Å². The molecule has 0 saturated carbocycles. The zero-order valence-corrected chi connectivity index (χ0v) is 12.5. The first-order valence-electron chi connectivity index (χ1n) is 6.97. The van der Waals surface area contributed by atoms with Crippen molar-refractivity contribution in [1.82, 2.24) is 10.3 Å². The number of aromatic hydroxyl groups is 1. The zero-order valence-electron chi connectivity index (χ0n) is 11.8. The molecule has 0 bridgehead atoms. The first-order valence-corrected chi connectivity index (χ1v) is 7.35. The smallest absolute Gasteiger partial charge is 0.255 e. The monoisotopic (exact) mass is 314 g/mol. The van der Waals surface area contributed by atoms with Crippen molar-refractivity contribution in [2.75, 3.05) is 6.54 Å². The third-order valence-electron chi connectivity index (χ3n) is 3.59. The average molecular weight is 315 g/mol. The highest BCUT2D eigenvalue weighted by molar-refractivity contribution is 6.32. The molecule has 2 aromatic carbocycles. The van der Waals surface area contributed by atoms with Crippen LogP contribution in [-0.2, 0) is 6.42 Å². The van der Waals surface area contributed by atoms with Crippen LogP contribution < -0.4 is 5.32 Å². The van der Waals surface area contributed by atoms with Gasteiger partial charge >= 0.3 is 0 Å². The summed E-state index contributed by atoms with van der Waals surface area (Å²) in [7, 11) is 0. The summed E-state index contributed by atoms with van der Waals surface area (Å²) < 4.78 is 0. The minimum absolute atomic E-state index is 0.171. The predicted molar refractivity (Wildman–Crippen MR) is 87.5 cm³/mol. The third kappa shape index (κ3) is 2.78. The number of carbonyl (C=O) groups excluding carboxylic acids is 1. The average Bonchev–Trinajstić information content (AvgIpc) is 2.93. The highest BCUT2D eigenvalue weighted by Gasteiger charge is 2.13. The summed E-state index contributed by atoms with van der Waals surface area (Å²) in [5.41, 5.74) is 2.41. The molecule has 0 radical (unpaired) electrons. The quantitative estimate of drug-likeness (QED) is 0.690. The zero-order chi connectivity index (χ0) is 15.5. The van der Waals surface area contributed by atoms with Crippen molar-refractivity contribution in [3.8, 4) is 5.75 Å². The number of para-hydroxylation sites is 2. The Hall–Kier alpha value is -2.46. The van der Waals surface area contributed by atoms with E-state index in [1.807, 2.05) is 30.5 Å². The molecule has 1 aromatic heterocycles. The lowest BCUT2D eigenvalue weighted by molar-refractivity contribution is 0.0951. The Balaban J connectivity index is 1.66. The number of hydrogen-bond acceptors (Lipinski definition) is 2. The van der Waals surface area contributed by atoms with Gasteiger partial charge in [-0.15, -0.1) is 0 Å². The van der Waals surface area contributed by atoms with Gasteiger partial charge in [-0.3, -0.25) is 4.79 Å². The second kappa shape index (κ2) is 6.12. The van der Waals surface area contributed by atoms with Gasteiger partial charge in [0.05, 0.1) is 10.6 Å². The summed E-state index contributed by atoms with van der Waals surface area (Å²) >= 11 is 5.80. The Labute approximate surface area is 132 Å². The Bertz CT molecular complexity index is 826. The first-order chi connectivity index (χ1) is 10.7. The molecule has 0 atom stereocenters. The van der Waals surface area contributed by atoms with Crippen LogP contribution in [0.1, 0.15) is 15.9 Å². The normalized spacial score (nSPS) is 10.8. The molecule has 22 heavy (non-hydrogen) atoms. The van der Waals surface area contributed by atoms with Crippen molar-refractivity contribution in [3.05, 3.63) is 64.8 Å². The van der Waals surface area contributed by atoms with Gasteiger partial charge in [0.25, 0.3) is 5.91 Å². The third-order valence-corrected chi connectivity index (χ3v) is 3.89. The van der Waals surface area contributed by atoms with Gasteiger partial charge in [0.15, 0.2) is 0 Å². The van der Waals surface area contributed by atoms with Gasteiger partial charge < -0.3 is 15.4 Å². The van der Waals surface area contributed by atoms with E-state index in [1.54, 1.807) is 18.2 Å². The van der Waals surface area contributed by atoms with Crippen LogP contribution >= 0.6 is 11.6 Å². The van der Waals surface area contributed by atoms with Gasteiger partial charge in [-0.1, -0.05) is 35.9 Å². The highest BCUT2D eigenvalue weighted by atomic mass is 35.5. The fourth-order valence-electron chi connectivity index (χ4n) is 2.44. The maximum absolute atomic E-state index is 12.1. The molecule has 1 amide bonds. The van der Waals surface area contributed by atoms with Crippen LogP contribution in [0.4, 0.5) is 0 Å². The molecule has 0 spiro atoms. The number of phenolic OH excluding ortho intramolecular Hbond substituents is 1. The maximum Gasteiger partial charge on any atom is 0.255 e. The number of carbonyl (C=O) groups is 1. The fraction of sp³-hybridized carbons (Fsp3) is 0.118. The van der Waals surface area contributed by atoms with Crippen molar-refractivity contribution >= 4 is 28.4 Å². The fourth-order valence-corrected chi connectivity index (χ4v) is 2.62. The molecule has 5 heteroatoms. The van der Waals surface area contributed by atoms with Gasteiger partial charge in [-0.05, 0) is 30.2 Å². The summed E-state index contributed by atoms with van der Waals surface area (Å²) in [5.74, 6) is -0.520. The number of nitrogens with one attached hydrogen (secondary N) is 2. The van der Waals surface area contributed by atoms with Crippen LogP contribution in [0.3, 0.4) is 0 Å². The largest absolute Gasteiger partial charge is 0.506 e. The van der Waals surface area contributed by atoms with Crippen LogP contribution in [0, 0.1) is 0 Å². The van der Waals surface area contributed by atoms with E-state index in [1.165, 1.54) is 0 Å². The number of halogens is 1. The van der Waals surface area contributed by atoms with Crippen molar-refractivity contribution in [3.63, 3.8) is 0 Å². The lowest BCUT2D eigenvalue weighted by atomic mass is 10.1. The molecule has 3 N–H and O–H groups in total. The Kier molecular flexibility index (Phi) is 4.02. The molecule has 0 saturated heterocycles. The summed E-state index contributed by atoms with van der Waals surface area (Å²) in [6.45, 7) is 0.479. The van der Waals surface area contributed by atoms with Crippen molar-refractivity contribution in [1.29, 1.82) is 0 Å². The standard InChI is InChI=1S/C17H15ClN2O2/c18-14-6-3-5-13(16(14)21)17(22)19-9-8-11-10-20-15-7-2-1-4-12(11)15/h1-7,10,20-21H,8-9H2,(H,19,22). The minimum Gasteiger partial charge on any atom is -0.506 e. The summed E-state index contributed by atoms with van der Waals surface area (Å²) in [6, 6.07) is 12.8. The second-order valence-electron chi connectivity index (χ2n) is 5.00. The number of aromatic amines is 1. The second-order valence-corrected chi connectivity index (χ2v) is 5.41. The highest BCUT2D eigenvalue weighted by Crippen LogP contribution is 2.26. The van der Waals surface area contributed by atoms with E-state index in [-0.39, 0.29) is 22.2 Å². The molecule has 0 aliphatic carbocycles.